The van der Waals surface area contributed by atoms with E-state index < -0.39 is 0 Å². The quantitative estimate of drug-likeness (QED) is 0.714. The zero-order valence-corrected chi connectivity index (χ0v) is 8.08. The van der Waals surface area contributed by atoms with Crippen LogP contribution in [0.5, 0.6) is 0 Å². The number of halogens is 1. The van der Waals surface area contributed by atoms with Crippen LogP contribution in [0.3, 0.4) is 0 Å². The van der Waals surface area contributed by atoms with E-state index in [1.54, 1.807) is 11.3 Å². The molecule has 0 spiro atoms. The number of thiophene rings is 1. The van der Waals surface area contributed by atoms with Crippen LogP contribution < -0.4 is 0 Å². The van der Waals surface area contributed by atoms with E-state index in [1.807, 2.05) is 12.1 Å². The van der Waals surface area contributed by atoms with E-state index in [0.717, 1.165) is 23.6 Å². The minimum Gasteiger partial charge on any atom is -0.198 e. The van der Waals surface area contributed by atoms with E-state index in [1.165, 1.54) is 4.88 Å². The molecule has 0 atom stereocenters. The van der Waals surface area contributed by atoms with E-state index in [-0.39, 0.29) is 5.41 Å². The molecule has 1 nitrogen and oxygen atoms in total. The third-order valence-corrected chi connectivity index (χ3v) is 3.46. The summed E-state index contributed by atoms with van der Waals surface area (Å²) in [6.07, 6.45) is 3.00. The van der Waals surface area contributed by atoms with Crippen molar-refractivity contribution in [3.63, 3.8) is 0 Å². The predicted octanol–water partition coefficient (Wildman–Crippen LogP) is 3.25. The van der Waals surface area contributed by atoms with E-state index in [9.17, 15) is 0 Å². The number of nitrogens with zero attached hydrogens (tertiary/aromatic N) is 1. The molecule has 1 aromatic heterocycles. The minimum absolute atomic E-state index is 0.0335. The van der Waals surface area contributed by atoms with E-state index in [0.29, 0.717) is 0 Å². The smallest absolute Gasteiger partial charge is 0.0931 e. The van der Waals surface area contributed by atoms with Gasteiger partial charge in [-0.3, -0.25) is 0 Å². The molecule has 1 fully saturated rings. The monoisotopic (exact) mass is 197 g/mol. The van der Waals surface area contributed by atoms with Crippen molar-refractivity contribution >= 4 is 22.9 Å². The first-order valence-electron chi connectivity index (χ1n) is 3.90. The molecule has 0 radical (unpaired) electrons. The minimum atomic E-state index is -0.0335. The van der Waals surface area contributed by atoms with Gasteiger partial charge in [0.25, 0.3) is 0 Å². The van der Waals surface area contributed by atoms with Crippen LogP contribution in [0.1, 0.15) is 17.7 Å². The Hall–Kier alpha value is -0.520. The molecule has 1 aliphatic rings. The first kappa shape index (κ1) is 8.10. The van der Waals surface area contributed by atoms with E-state index in [4.69, 9.17) is 16.9 Å². The molecular weight excluding hydrogens is 190 g/mol. The Morgan fingerprint density at radius 2 is 2.33 bits per heavy atom. The van der Waals surface area contributed by atoms with Crippen molar-refractivity contribution < 1.29 is 0 Å². The topological polar surface area (TPSA) is 23.8 Å². The van der Waals surface area contributed by atoms with Gasteiger partial charge in [0.15, 0.2) is 0 Å². The number of nitriles is 1. The fourth-order valence-corrected chi connectivity index (χ4v) is 2.49. The SMILES string of the molecule is N#CC1(Cc2ccc(Cl)s2)CC1. The first-order valence-corrected chi connectivity index (χ1v) is 5.09. The van der Waals surface area contributed by atoms with Gasteiger partial charge in [0.05, 0.1) is 15.8 Å². The van der Waals surface area contributed by atoms with Crippen molar-refractivity contribution in [3.05, 3.63) is 21.3 Å². The second-order valence-corrected chi connectivity index (χ2v) is 5.07. The fraction of sp³-hybridized carbons (Fsp3) is 0.444. The Kier molecular flexibility index (Phi) is 1.86. The molecule has 1 aliphatic carbocycles. The molecule has 0 bridgehead atoms. The van der Waals surface area contributed by atoms with Gasteiger partial charge >= 0.3 is 0 Å². The summed E-state index contributed by atoms with van der Waals surface area (Å²) >= 11 is 7.37. The zero-order chi connectivity index (χ0) is 8.60. The maximum Gasteiger partial charge on any atom is 0.0931 e. The standard InChI is InChI=1S/C9H8ClNS/c10-8-2-1-7(12-8)5-9(6-11)3-4-9/h1-2H,3-5H2. The molecule has 62 valence electrons. The van der Waals surface area contributed by atoms with Gasteiger partial charge < -0.3 is 0 Å². The van der Waals surface area contributed by atoms with Crippen LogP contribution >= 0.6 is 22.9 Å². The average molecular weight is 198 g/mol. The van der Waals surface area contributed by atoms with E-state index >= 15 is 0 Å². The van der Waals surface area contributed by atoms with Crippen LogP contribution in [-0.2, 0) is 6.42 Å². The third-order valence-electron chi connectivity index (χ3n) is 2.23. The van der Waals surface area contributed by atoms with Crippen molar-refractivity contribution in [2.45, 2.75) is 19.3 Å². The van der Waals surface area contributed by atoms with Gasteiger partial charge in [-0.1, -0.05) is 11.6 Å². The molecular formula is C9H8ClNS. The molecule has 0 aliphatic heterocycles. The Labute approximate surface area is 80.6 Å². The molecule has 0 aromatic carbocycles. The summed E-state index contributed by atoms with van der Waals surface area (Å²) in [6.45, 7) is 0. The molecule has 0 unspecified atom stereocenters. The Morgan fingerprint density at radius 3 is 2.75 bits per heavy atom. The van der Waals surface area contributed by atoms with Gasteiger partial charge in [-0.05, 0) is 25.0 Å². The predicted molar refractivity (Wildman–Crippen MR) is 50.3 cm³/mol. The van der Waals surface area contributed by atoms with Crippen LogP contribution in [0.25, 0.3) is 0 Å². The van der Waals surface area contributed by atoms with Gasteiger partial charge in [0, 0.05) is 11.3 Å². The fourth-order valence-electron chi connectivity index (χ4n) is 1.26. The summed E-state index contributed by atoms with van der Waals surface area (Å²) in [5.74, 6) is 0. The van der Waals surface area contributed by atoms with Crippen LogP contribution in [-0.4, -0.2) is 0 Å². The van der Waals surface area contributed by atoms with Crippen molar-refractivity contribution in [2.24, 2.45) is 5.41 Å². The lowest BCUT2D eigenvalue weighted by Gasteiger charge is -2.00. The highest BCUT2D eigenvalue weighted by Crippen LogP contribution is 2.48. The summed E-state index contributed by atoms with van der Waals surface area (Å²) < 4.78 is 0.818. The lowest BCUT2D eigenvalue weighted by Crippen LogP contribution is -1.98. The van der Waals surface area contributed by atoms with Crippen LogP contribution in [0.15, 0.2) is 12.1 Å². The molecule has 1 heterocycles. The Morgan fingerprint density at radius 1 is 1.58 bits per heavy atom. The maximum absolute atomic E-state index is 8.85. The second kappa shape index (κ2) is 2.76. The van der Waals surface area contributed by atoms with Gasteiger partial charge in [-0.2, -0.15) is 5.26 Å². The molecule has 0 saturated heterocycles. The van der Waals surface area contributed by atoms with Gasteiger partial charge in [0.2, 0.25) is 0 Å². The molecule has 0 amide bonds. The Bertz CT molecular complexity index is 333. The summed E-state index contributed by atoms with van der Waals surface area (Å²) in [4.78, 5) is 1.24. The van der Waals surface area contributed by atoms with Crippen molar-refractivity contribution in [3.8, 4) is 6.07 Å². The molecule has 2 rings (SSSR count). The summed E-state index contributed by atoms with van der Waals surface area (Å²) in [7, 11) is 0. The van der Waals surface area contributed by atoms with Crippen molar-refractivity contribution in [2.75, 3.05) is 0 Å². The van der Waals surface area contributed by atoms with Crippen LogP contribution in [0.4, 0.5) is 0 Å². The summed E-state index contributed by atoms with van der Waals surface area (Å²) in [5, 5.41) is 8.85. The highest BCUT2D eigenvalue weighted by atomic mass is 35.5. The average Bonchev–Trinajstić information content (AvgIpc) is 2.71. The molecule has 1 aromatic rings. The third kappa shape index (κ3) is 1.48. The lowest BCUT2D eigenvalue weighted by atomic mass is 10.0. The van der Waals surface area contributed by atoms with Crippen LogP contribution in [0, 0.1) is 16.7 Å². The van der Waals surface area contributed by atoms with Gasteiger partial charge in [-0.25, -0.2) is 0 Å². The number of rotatable bonds is 2. The lowest BCUT2D eigenvalue weighted by molar-refractivity contribution is 0.673. The highest BCUT2D eigenvalue weighted by molar-refractivity contribution is 7.16. The van der Waals surface area contributed by atoms with Gasteiger partial charge in [0.1, 0.15) is 0 Å². The molecule has 3 heteroatoms. The molecule has 1 saturated carbocycles. The number of hydrogen-bond acceptors (Lipinski definition) is 2. The van der Waals surface area contributed by atoms with E-state index in [2.05, 4.69) is 6.07 Å². The maximum atomic E-state index is 8.85. The van der Waals surface area contributed by atoms with Crippen molar-refractivity contribution in [1.29, 1.82) is 5.26 Å². The normalized spacial score (nSPS) is 18.7. The molecule has 0 N–H and O–H groups in total. The largest absolute Gasteiger partial charge is 0.198 e. The zero-order valence-electron chi connectivity index (χ0n) is 6.51. The van der Waals surface area contributed by atoms with Crippen molar-refractivity contribution in [1.82, 2.24) is 0 Å². The van der Waals surface area contributed by atoms with Crippen LogP contribution in [0.2, 0.25) is 4.34 Å². The highest BCUT2D eigenvalue weighted by Gasteiger charge is 2.43. The number of hydrogen-bond donors (Lipinski definition) is 0. The summed E-state index contributed by atoms with van der Waals surface area (Å²) in [5.41, 5.74) is -0.0335. The second-order valence-electron chi connectivity index (χ2n) is 3.27. The summed E-state index contributed by atoms with van der Waals surface area (Å²) in [6, 6.07) is 6.29. The molecule has 12 heavy (non-hydrogen) atoms. The Balaban J connectivity index is 2.10. The van der Waals surface area contributed by atoms with Gasteiger partial charge in [-0.15, -0.1) is 11.3 Å². The first-order chi connectivity index (χ1) is 5.74.